The maximum atomic E-state index is 5.41. The van der Waals surface area contributed by atoms with Gasteiger partial charge in [-0.25, -0.2) is 0 Å². The zero-order valence-electron chi connectivity index (χ0n) is 7.25. The van der Waals surface area contributed by atoms with Crippen LogP contribution in [-0.4, -0.2) is 23.3 Å². The lowest BCUT2D eigenvalue weighted by molar-refractivity contribution is 1.03. The van der Waals surface area contributed by atoms with Crippen molar-refractivity contribution < 1.29 is 0 Å². The molecule has 4 N–H and O–H groups in total. The fourth-order valence-electron chi connectivity index (χ4n) is 1.33. The zero-order valence-corrected chi connectivity index (χ0v) is 7.25. The summed E-state index contributed by atoms with van der Waals surface area (Å²) in [4.78, 5) is 0. The number of hydrogen-bond acceptors (Lipinski definition) is 3. The van der Waals surface area contributed by atoms with Crippen LogP contribution in [0.25, 0.3) is 10.9 Å². The van der Waals surface area contributed by atoms with Gasteiger partial charge in [-0.1, -0.05) is 6.07 Å². The fraction of sp³-hybridized carbons (Fsp3) is 0.222. The molecular weight excluding hydrogens is 164 g/mol. The van der Waals surface area contributed by atoms with E-state index in [2.05, 4.69) is 15.5 Å². The smallest absolute Gasteiger partial charge is 0.0671 e. The van der Waals surface area contributed by atoms with E-state index in [4.69, 9.17) is 5.73 Å². The lowest BCUT2D eigenvalue weighted by Crippen LogP contribution is -2.13. The van der Waals surface area contributed by atoms with Crippen molar-refractivity contribution in [1.29, 1.82) is 0 Å². The molecule has 0 aliphatic heterocycles. The van der Waals surface area contributed by atoms with E-state index >= 15 is 0 Å². The van der Waals surface area contributed by atoms with Gasteiger partial charge in [0.2, 0.25) is 0 Å². The van der Waals surface area contributed by atoms with Crippen molar-refractivity contribution in [3.05, 3.63) is 24.4 Å². The highest BCUT2D eigenvalue weighted by Gasteiger charge is 1.99. The minimum Gasteiger partial charge on any atom is -0.383 e. The second-order valence-electron chi connectivity index (χ2n) is 2.85. The Balaban J connectivity index is 2.37. The molecule has 13 heavy (non-hydrogen) atoms. The van der Waals surface area contributed by atoms with Crippen LogP contribution < -0.4 is 11.1 Å². The molecule has 0 aliphatic carbocycles. The lowest BCUT2D eigenvalue weighted by Gasteiger charge is -2.04. The van der Waals surface area contributed by atoms with Gasteiger partial charge >= 0.3 is 0 Å². The Labute approximate surface area is 76.1 Å². The van der Waals surface area contributed by atoms with E-state index in [9.17, 15) is 0 Å². The van der Waals surface area contributed by atoms with Crippen molar-refractivity contribution in [1.82, 2.24) is 10.2 Å². The van der Waals surface area contributed by atoms with Gasteiger partial charge in [0, 0.05) is 24.2 Å². The molecule has 1 aromatic heterocycles. The molecule has 0 saturated carbocycles. The molecule has 0 atom stereocenters. The molecule has 1 aromatic carbocycles. The van der Waals surface area contributed by atoms with Crippen LogP contribution in [0.4, 0.5) is 5.69 Å². The number of nitrogens with one attached hydrogen (secondary N) is 2. The number of benzene rings is 1. The van der Waals surface area contributed by atoms with Gasteiger partial charge in [0.1, 0.15) is 0 Å². The summed E-state index contributed by atoms with van der Waals surface area (Å²) in [5, 5.41) is 11.2. The van der Waals surface area contributed by atoms with Gasteiger partial charge in [-0.3, -0.25) is 5.10 Å². The van der Waals surface area contributed by atoms with Crippen molar-refractivity contribution >= 4 is 16.6 Å². The topological polar surface area (TPSA) is 66.7 Å². The molecule has 1 heterocycles. The van der Waals surface area contributed by atoms with Gasteiger partial charge in [-0.05, 0) is 12.1 Å². The quantitative estimate of drug-likeness (QED) is 0.651. The predicted molar refractivity (Wildman–Crippen MR) is 53.6 cm³/mol. The molecule has 2 rings (SSSR count). The monoisotopic (exact) mass is 176 g/mol. The van der Waals surface area contributed by atoms with Crippen molar-refractivity contribution in [2.24, 2.45) is 5.73 Å². The Bertz CT molecular complexity index is 393. The van der Waals surface area contributed by atoms with Crippen molar-refractivity contribution in [3.63, 3.8) is 0 Å². The van der Waals surface area contributed by atoms with Crippen LogP contribution in [0.2, 0.25) is 0 Å². The molecule has 68 valence electrons. The molecule has 0 radical (unpaired) electrons. The molecular formula is C9H12N4. The number of fused-ring (bicyclic) bond motifs is 1. The zero-order chi connectivity index (χ0) is 9.10. The fourth-order valence-corrected chi connectivity index (χ4v) is 1.33. The van der Waals surface area contributed by atoms with E-state index < -0.39 is 0 Å². The molecule has 0 unspecified atom stereocenters. The first-order valence-electron chi connectivity index (χ1n) is 4.28. The average Bonchev–Trinajstić information content (AvgIpc) is 2.62. The van der Waals surface area contributed by atoms with E-state index in [-0.39, 0.29) is 0 Å². The Hall–Kier alpha value is -1.55. The third-order valence-corrected chi connectivity index (χ3v) is 1.94. The largest absolute Gasteiger partial charge is 0.383 e. The van der Waals surface area contributed by atoms with Crippen LogP contribution in [0.1, 0.15) is 0 Å². The Morgan fingerprint density at radius 1 is 1.46 bits per heavy atom. The maximum absolute atomic E-state index is 5.41. The summed E-state index contributed by atoms with van der Waals surface area (Å²) in [5.74, 6) is 0. The van der Waals surface area contributed by atoms with E-state index in [0.717, 1.165) is 23.1 Å². The highest BCUT2D eigenvalue weighted by Crippen LogP contribution is 2.20. The van der Waals surface area contributed by atoms with Crippen LogP contribution in [0, 0.1) is 0 Å². The number of aromatic nitrogens is 2. The summed E-state index contributed by atoms with van der Waals surface area (Å²) in [6, 6.07) is 6.00. The van der Waals surface area contributed by atoms with Gasteiger partial charge in [-0.2, -0.15) is 5.10 Å². The second-order valence-corrected chi connectivity index (χ2v) is 2.85. The maximum Gasteiger partial charge on any atom is 0.0671 e. The molecule has 0 saturated heterocycles. The molecule has 4 nitrogen and oxygen atoms in total. The molecule has 2 aromatic rings. The summed E-state index contributed by atoms with van der Waals surface area (Å²) < 4.78 is 0. The molecule has 0 amide bonds. The van der Waals surface area contributed by atoms with E-state index in [1.165, 1.54) is 0 Å². The highest BCUT2D eigenvalue weighted by molar-refractivity contribution is 5.90. The van der Waals surface area contributed by atoms with Gasteiger partial charge in [0.25, 0.3) is 0 Å². The number of nitrogens with zero attached hydrogens (tertiary/aromatic N) is 1. The van der Waals surface area contributed by atoms with Gasteiger partial charge in [0.05, 0.1) is 11.7 Å². The summed E-state index contributed by atoms with van der Waals surface area (Å²) >= 11 is 0. The molecule has 0 bridgehead atoms. The highest BCUT2D eigenvalue weighted by atomic mass is 15.1. The predicted octanol–water partition coefficient (Wildman–Crippen LogP) is 0.933. The average molecular weight is 176 g/mol. The Morgan fingerprint density at radius 2 is 2.38 bits per heavy atom. The first-order valence-corrected chi connectivity index (χ1v) is 4.28. The molecule has 4 heteroatoms. The standard InChI is InChI=1S/C9H12N4/c10-4-5-11-8-2-1-3-9-7(8)6-12-13-9/h1-3,6,11H,4-5,10H2,(H,12,13). The summed E-state index contributed by atoms with van der Waals surface area (Å²) in [6.07, 6.45) is 1.81. The number of H-pyrrole nitrogens is 1. The van der Waals surface area contributed by atoms with Crippen molar-refractivity contribution in [3.8, 4) is 0 Å². The first kappa shape index (κ1) is 8.07. The Morgan fingerprint density at radius 3 is 3.23 bits per heavy atom. The summed E-state index contributed by atoms with van der Waals surface area (Å²) in [6.45, 7) is 1.42. The minimum atomic E-state index is 0.633. The minimum absolute atomic E-state index is 0.633. The summed E-state index contributed by atoms with van der Waals surface area (Å²) in [7, 11) is 0. The van der Waals surface area contributed by atoms with Crippen LogP contribution in [0.5, 0.6) is 0 Å². The number of anilines is 1. The van der Waals surface area contributed by atoms with Crippen LogP contribution in [0.15, 0.2) is 24.4 Å². The van der Waals surface area contributed by atoms with Crippen molar-refractivity contribution in [2.45, 2.75) is 0 Å². The van der Waals surface area contributed by atoms with Gasteiger partial charge in [0.15, 0.2) is 0 Å². The van der Waals surface area contributed by atoms with E-state index in [1.54, 1.807) is 0 Å². The van der Waals surface area contributed by atoms with Crippen LogP contribution >= 0.6 is 0 Å². The number of rotatable bonds is 3. The SMILES string of the molecule is NCCNc1cccc2[nH]ncc12. The molecule has 0 aliphatic rings. The summed E-state index contributed by atoms with van der Waals surface area (Å²) in [5.41, 5.74) is 7.53. The van der Waals surface area contributed by atoms with E-state index in [1.807, 2.05) is 24.4 Å². The number of hydrogen-bond donors (Lipinski definition) is 3. The third kappa shape index (κ3) is 1.48. The first-order chi connectivity index (χ1) is 6.42. The molecule has 0 spiro atoms. The Kier molecular flexibility index (Phi) is 2.14. The number of aromatic amines is 1. The lowest BCUT2D eigenvalue weighted by atomic mass is 10.2. The normalized spacial score (nSPS) is 10.5. The van der Waals surface area contributed by atoms with Crippen LogP contribution in [0.3, 0.4) is 0 Å². The second kappa shape index (κ2) is 3.45. The third-order valence-electron chi connectivity index (χ3n) is 1.94. The number of nitrogens with two attached hydrogens (primary N) is 1. The van der Waals surface area contributed by atoms with Gasteiger partial charge < -0.3 is 11.1 Å². The van der Waals surface area contributed by atoms with E-state index in [0.29, 0.717) is 6.54 Å². The van der Waals surface area contributed by atoms with Gasteiger partial charge in [-0.15, -0.1) is 0 Å². The van der Waals surface area contributed by atoms with Crippen LogP contribution in [-0.2, 0) is 0 Å². The molecule has 0 fully saturated rings. The van der Waals surface area contributed by atoms with Crippen molar-refractivity contribution in [2.75, 3.05) is 18.4 Å².